The first-order valence-corrected chi connectivity index (χ1v) is 12.7. The van der Waals surface area contributed by atoms with Gasteiger partial charge in [-0.05, 0) is 76.4 Å². The highest BCUT2D eigenvalue weighted by Gasteiger charge is 2.22. The molecule has 1 fully saturated rings. The maximum absolute atomic E-state index is 14.4. The van der Waals surface area contributed by atoms with E-state index in [0.717, 1.165) is 37.4 Å². The van der Waals surface area contributed by atoms with Gasteiger partial charge in [-0.3, -0.25) is 19.4 Å². The van der Waals surface area contributed by atoms with Gasteiger partial charge in [-0.1, -0.05) is 0 Å². The molecule has 38 heavy (non-hydrogen) atoms. The number of hydrogen-bond acceptors (Lipinski definition) is 7. The van der Waals surface area contributed by atoms with Gasteiger partial charge >= 0.3 is 0 Å². The molecule has 4 rings (SSSR count). The zero-order chi connectivity index (χ0) is 27.2. The summed E-state index contributed by atoms with van der Waals surface area (Å²) in [6, 6.07) is 9.56. The van der Waals surface area contributed by atoms with Crippen LogP contribution >= 0.6 is 0 Å². The molecule has 0 radical (unpaired) electrons. The highest BCUT2D eigenvalue weighted by atomic mass is 19.1. The molecule has 0 atom stereocenters. The van der Waals surface area contributed by atoms with E-state index in [-0.39, 0.29) is 17.2 Å². The van der Waals surface area contributed by atoms with Crippen LogP contribution < -0.4 is 20.6 Å². The number of hydrogen-bond donors (Lipinski definition) is 2. The Balaban J connectivity index is 1.53. The number of piperidine rings is 1. The van der Waals surface area contributed by atoms with Crippen molar-refractivity contribution < 1.29 is 18.8 Å². The topological polar surface area (TPSA) is 99.7 Å². The van der Waals surface area contributed by atoms with Gasteiger partial charge in [0.1, 0.15) is 11.6 Å². The summed E-state index contributed by atoms with van der Waals surface area (Å²) in [5.74, 6) is -0.767. The Hall–Kier alpha value is -4.05. The van der Waals surface area contributed by atoms with Crippen LogP contribution in [0.3, 0.4) is 0 Å². The third-order valence-corrected chi connectivity index (χ3v) is 6.23. The molecule has 1 aromatic carbocycles. The molecule has 0 unspecified atom stereocenters. The van der Waals surface area contributed by atoms with E-state index in [9.17, 15) is 14.0 Å². The number of amides is 2. The van der Waals surface area contributed by atoms with Crippen LogP contribution in [0.4, 0.5) is 27.3 Å². The van der Waals surface area contributed by atoms with Crippen molar-refractivity contribution in [2.75, 3.05) is 40.8 Å². The van der Waals surface area contributed by atoms with Gasteiger partial charge in [0.15, 0.2) is 0 Å². The lowest BCUT2D eigenvalue weighted by Gasteiger charge is -2.29. The zero-order valence-corrected chi connectivity index (χ0v) is 22.1. The Bertz CT molecular complexity index is 1290. The third kappa shape index (κ3) is 6.44. The predicted octanol–water partition coefficient (Wildman–Crippen LogP) is 5.20. The van der Waals surface area contributed by atoms with Gasteiger partial charge in [0, 0.05) is 30.4 Å². The Morgan fingerprint density at radius 1 is 1.05 bits per heavy atom. The highest BCUT2D eigenvalue weighted by Crippen LogP contribution is 2.25. The van der Waals surface area contributed by atoms with E-state index in [0.29, 0.717) is 28.6 Å². The molecule has 2 aromatic heterocycles. The number of carbonyl (C=O) groups excluding carboxylic acids is 2. The maximum atomic E-state index is 14.4. The lowest BCUT2D eigenvalue weighted by molar-refractivity contribution is 0.0771. The Kier molecular flexibility index (Phi) is 8.52. The number of benzene rings is 1. The van der Waals surface area contributed by atoms with Gasteiger partial charge in [0.2, 0.25) is 0 Å². The molecule has 2 amide bonds. The minimum absolute atomic E-state index is 0.193. The lowest BCUT2D eigenvalue weighted by Crippen LogP contribution is -2.31. The molecule has 3 heterocycles. The van der Waals surface area contributed by atoms with E-state index in [1.165, 1.54) is 37.7 Å². The second kappa shape index (κ2) is 12.0. The van der Waals surface area contributed by atoms with Crippen molar-refractivity contribution >= 4 is 34.7 Å². The third-order valence-electron chi connectivity index (χ3n) is 6.23. The molecule has 0 saturated carbocycles. The SMILES string of the molecule is CON(C(=O)c1cc(NC(=O)c2cc(F)cc(N3CCCCC3)c2)cnc1C)c1ccc(NC(C)C)nc1. The molecule has 200 valence electrons. The van der Waals surface area contributed by atoms with Crippen LogP contribution in [-0.2, 0) is 4.84 Å². The molecule has 1 aliphatic heterocycles. The number of aromatic nitrogens is 2. The highest BCUT2D eigenvalue weighted by molar-refractivity contribution is 6.08. The second-order valence-electron chi connectivity index (χ2n) is 9.54. The summed E-state index contributed by atoms with van der Waals surface area (Å²) in [5.41, 5.74) is 2.32. The number of halogens is 1. The van der Waals surface area contributed by atoms with Gasteiger partial charge in [-0.2, -0.15) is 5.06 Å². The Morgan fingerprint density at radius 3 is 2.47 bits per heavy atom. The number of pyridine rings is 2. The fourth-order valence-corrected chi connectivity index (χ4v) is 4.36. The average molecular weight is 521 g/mol. The minimum Gasteiger partial charge on any atom is -0.371 e. The smallest absolute Gasteiger partial charge is 0.284 e. The molecule has 0 aliphatic carbocycles. The monoisotopic (exact) mass is 520 g/mol. The summed E-state index contributed by atoms with van der Waals surface area (Å²) in [6.45, 7) is 7.37. The van der Waals surface area contributed by atoms with Crippen LogP contribution in [0.1, 0.15) is 59.5 Å². The Morgan fingerprint density at radius 2 is 1.82 bits per heavy atom. The zero-order valence-electron chi connectivity index (χ0n) is 22.1. The number of nitrogens with one attached hydrogen (secondary N) is 2. The summed E-state index contributed by atoms with van der Waals surface area (Å²) in [6.07, 6.45) is 6.22. The first-order valence-electron chi connectivity index (χ1n) is 12.7. The lowest BCUT2D eigenvalue weighted by atomic mass is 10.1. The van der Waals surface area contributed by atoms with E-state index in [1.807, 2.05) is 13.8 Å². The standard InChI is InChI=1S/C28H33FN6O3/c1-18(2)32-26-9-8-23(17-31-26)35(38-4)28(37)25-15-22(16-30-19(25)3)33-27(36)20-12-21(29)14-24(13-20)34-10-6-5-7-11-34/h8-9,12-18H,5-7,10-11H2,1-4H3,(H,31,32)(H,33,36). The average Bonchev–Trinajstić information content (AvgIpc) is 2.91. The van der Waals surface area contributed by atoms with Crippen molar-refractivity contribution in [2.24, 2.45) is 0 Å². The maximum Gasteiger partial charge on any atom is 0.284 e. The van der Waals surface area contributed by atoms with Crippen LogP contribution in [-0.4, -0.2) is 48.0 Å². The van der Waals surface area contributed by atoms with Gasteiger partial charge in [-0.15, -0.1) is 0 Å². The van der Waals surface area contributed by atoms with Crippen LogP contribution in [0, 0.1) is 12.7 Å². The molecule has 1 aliphatic rings. The number of hydroxylamine groups is 1. The quantitative estimate of drug-likeness (QED) is 0.394. The predicted molar refractivity (Wildman–Crippen MR) is 146 cm³/mol. The van der Waals surface area contributed by atoms with Crippen LogP contribution in [0.5, 0.6) is 0 Å². The molecule has 9 nitrogen and oxygen atoms in total. The number of rotatable bonds is 8. The molecule has 1 saturated heterocycles. The van der Waals surface area contributed by atoms with E-state index < -0.39 is 17.6 Å². The van der Waals surface area contributed by atoms with Crippen LogP contribution in [0.25, 0.3) is 0 Å². The van der Waals surface area contributed by atoms with Crippen molar-refractivity contribution in [3.05, 3.63) is 71.4 Å². The van der Waals surface area contributed by atoms with Gasteiger partial charge in [-0.25, -0.2) is 9.37 Å². The Labute approximate surface area is 222 Å². The van der Waals surface area contributed by atoms with Crippen molar-refractivity contribution in [1.82, 2.24) is 9.97 Å². The van der Waals surface area contributed by atoms with Crippen LogP contribution in [0.2, 0.25) is 0 Å². The van der Waals surface area contributed by atoms with E-state index in [1.54, 1.807) is 25.1 Å². The van der Waals surface area contributed by atoms with Gasteiger partial charge in [0.25, 0.3) is 11.8 Å². The second-order valence-corrected chi connectivity index (χ2v) is 9.54. The molecular formula is C28H33FN6O3. The van der Waals surface area contributed by atoms with Gasteiger partial charge < -0.3 is 15.5 Å². The fraction of sp³-hybridized carbons (Fsp3) is 0.357. The summed E-state index contributed by atoms with van der Waals surface area (Å²) in [4.78, 5) is 42.5. The molecule has 0 spiro atoms. The molecule has 10 heteroatoms. The summed E-state index contributed by atoms with van der Waals surface area (Å²) in [7, 11) is 1.39. The number of nitrogens with zero attached hydrogens (tertiary/aromatic N) is 4. The summed E-state index contributed by atoms with van der Waals surface area (Å²) >= 11 is 0. The number of aryl methyl sites for hydroxylation is 1. The molecule has 3 aromatic rings. The van der Waals surface area contributed by atoms with Crippen molar-refractivity contribution in [2.45, 2.75) is 46.1 Å². The fourth-order valence-electron chi connectivity index (χ4n) is 4.36. The first-order chi connectivity index (χ1) is 18.2. The molecule has 0 bridgehead atoms. The van der Waals surface area contributed by atoms with E-state index in [2.05, 4.69) is 25.5 Å². The van der Waals surface area contributed by atoms with E-state index >= 15 is 0 Å². The van der Waals surface area contributed by atoms with Crippen molar-refractivity contribution in [3.63, 3.8) is 0 Å². The van der Waals surface area contributed by atoms with E-state index in [4.69, 9.17) is 4.84 Å². The number of carbonyl (C=O) groups is 2. The largest absolute Gasteiger partial charge is 0.371 e. The van der Waals surface area contributed by atoms with Crippen LogP contribution in [0.15, 0.2) is 48.8 Å². The molecular weight excluding hydrogens is 487 g/mol. The van der Waals surface area contributed by atoms with Gasteiger partial charge in [0.05, 0.1) is 42.1 Å². The normalized spacial score (nSPS) is 13.4. The summed E-state index contributed by atoms with van der Waals surface area (Å²) in [5, 5.41) is 7.04. The first kappa shape index (κ1) is 27.0. The number of anilines is 4. The minimum atomic E-state index is -0.493. The summed E-state index contributed by atoms with van der Waals surface area (Å²) < 4.78 is 14.4. The van der Waals surface area contributed by atoms with Crippen molar-refractivity contribution in [3.8, 4) is 0 Å². The van der Waals surface area contributed by atoms with Crippen molar-refractivity contribution in [1.29, 1.82) is 0 Å². The molecule has 2 N–H and O–H groups in total.